The molecule has 0 aliphatic carbocycles. The highest BCUT2D eigenvalue weighted by Gasteiger charge is 2.22. The summed E-state index contributed by atoms with van der Waals surface area (Å²) in [6, 6.07) is 9.36. The number of carbonyl (C=O) groups excluding carboxylic acids is 2. The fourth-order valence-corrected chi connectivity index (χ4v) is 3.40. The lowest BCUT2D eigenvalue weighted by atomic mass is 10.1. The molecular formula is C22H22INO8. The van der Waals surface area contributed by atoms with Crippen LogP contribution in [0.2, 0.25) is 0 Å². The zero-order valence-electron chi connectivity index (χ0n) is 17.8. The molecule has 0 amide bonds. The lowest BCUT2D eigenvalue weighted by Crippen LogP contribution is -2.18. The first kappa shape index (κ1) is 25.1. The SMILES string of the molecule is CCOC(=O)C(=Cc1cc(I)c(OCc2ccc([N+](=O)[O-])cc2)c(OC)c1)C(=O)OCC. The molecule has 0 aliphatic heterocycles. The average Bonchev–Trinajstić information content (AvgIpc) is 2.76. The number of esters is 2. The van der Waals surface area contributed by atoms with Crippen LogP contribution in [0.15, 0.2) is 42.0 Å². The second kappa shape index (κ2) is 12.0. The van der Waals surface area contributed by atoms with Crippen molar-refractivity contribution in [3.8, 4) is 11.5 Å². The average molecular weight is 555 g/mol. The van der Waals surface area contributed by atoms with Crippen molar-refractivity contribution in [2.24, 2.45) is 0 Å². The normalized spacial score (nSPS) is 10.1. The second-order valence-electron chi connectivity index (χ2n) is 6.25. The van der Waals surface area contributed by atoms with Gasteiger partial charge >= 0.3 is 11.9 Å². The van der Waals surface area contributed by atoms with Crippen LogP contribution in [0, 0.1) is 13.7 Å². The van der Waals surface area contributed by atoms with Crippen LogP contribution in [-0.2, 0) is 25.7 Å². The molecule has 0 radical (unpaired) electrons. The van der Waals surface area contributed by atoms with Gasteiger partial charge < -0.3 is 18.9 Å². The van der Waals surface area contributed by atoms with Crippen molar-refractivity contribution >= 4 is 46.3 Å². The van der Waals surface area contributed by atoms with Crippen LogP contribution < -0.4 is 9.47 Å². The number of nitro benzene ring substituents is 1. The molecule has 10 heteroatoms. The first-order valence-electron chi connectivity index (χ1n) is 9.60. The zero-order valence-corrected chi connectivity index (χ0v) is 19.9. The number of nitro groups is 1. The van der Waals surface area contributed by atoms with E-state index >= 15 is 0 Å². The minimum atomic E-state index is -0.779. The Morgan fingerprint density at radius 2 is 1.66 bits per heavy atom. The van der Waals surface area contributed by atoms with Gasteiger partial charge in [0.2, 0.25) is 0 Å². The Balaban J connectivity index is 2.31. The van der Waals surface area contributed by atoms with Crippen molar-refractivity contribution in [1.82, 2.24) is 0 Å². The quantitative estimate of drug-likeness (QED) is 0.0812. The molecule has 2 aromatic rings. The van der Waals surface area contributed by atoms with Gasteiger partial charge in [-0.2, -0.15) is 0 Å². The molecule has 0 heterocycles. The fourth-order valence-electron chi connectivity index (χ4n) is 2.62. The highest BCUT2D eigenvalue weighted by Crippen LogP contribution is 2.35. The molecule has 0 fully saturated rings. The van der Waals surface area contributed by atoms with Crippen LogP contribution in [0.1, 0.15) is 25.0 Å². The number of rotatable bonds is 10. The molecule has 0 aliphatic rings. The summed E-state index contributed by atoms with van der Waals surface area (Å²) in [5.41, 5.74) is 1.02. The molecular weight excluding hydrogens is 533 g/mol. The van der Waals surface area contributed by atoms with E-state index in [1.54, 1.807) is 38.1 Å². The topological polar surface area (TPSA) is 114 Å². The van der Waals surface area contributed by atoms with Crippen molar-refractivity contribution in [1.29, 1.82) is 0 Å². The molecule has 2 rings (SSSR count). The molecule has 0 spiro atoms. The molecule has 32 heavy (non-hydrogen) atoms. The smallest absolute Gasteiger partial charge is 0.345 e. The van der Waals surface area contributed by atoms with Crippen molar-refractivity contribution in [3.05, 3.63) is 66.8 Å². The van der Waals surface area contributed by atoms with Gasteiger partial charge in [-0.15, -0.1) is 0 Å². The highest BCUT2D eigenvalue weighted by molar-refractivity contribution is 14.1. The predicted molar refractivity (Wildman–Crippen MR) is 124 cm³/mol. The number of halogens is 1. The fraction of sp³-hybridized carbons (Fsp3) is 0.273. The van der Waals surface area contributed by atoms with Crippen LogP contribution >= 0.6 is 22.6 Å². The molecule has 0 unspecified atom stereocenters. The van der Waals surface area contributed by atoms with E-state index in [2.05, 4.69) is 22.6 Å². The Morgan fingerprint density at radius 3 is 2.16 bits per heavy atom. The third-order valence-electron chi connectivity index (χ3n) is 4.08. The summed E-state index contributed by atoms with van der Waals surface area (Å²) >= 11 is 2.05. The number of carbonyl (C=O) groups is 2. The summed E-state index contributed by atoms with van der Waals surface area (Å²) in [6.45, 7) is 3.68. The summed E-state index contributed by atoms with van der Waals surface area (Å²) < 4.78 is 21.9. The van der Waals surface area contributed by atoms with Crippen LogP contribution in [0.25, 0.3) is 6.08 Å². The van der Waals surface area contributed by atoms with E-state index in [1.165, 1.54) is 25.3 Å². The van der Waals surface area contributed by atoms with E-state index in [0.717, 1.165) is 5.56 Å². The Kier molecular flexibility index (Phi) is 9.44. The summed E-state index contributed by atoms with van der Waals surface area (Å²) in [5, 5.41) is 10.8. The van der Waals surface area contributed by atoms with Gasteiger partial charge in [-0.25, -0.2) is 9.59 Å². The number of hydrogen-bond donors (Lipinski definition) is 0. The van der Waals surface area contributed by atoms with Crippen LogP contribution in [0.5, 0.6) is 11.5 Å². The number of ether oxygens (including phenoxy) is 4. The van der Waals surface area contributed by atoms with Crippen molar-refractivity contribution < 1.29 is 33.5 Å². The number of hydrogen-bond acceptors (Lipinski definition) is 8. The Bertz CT molecular complexity index is 997. The molecule has 0 saturated carbocycles. The first-order valence-corrected chi connectivity index (χ1v) is 10.7. The molecule has 170 valence electrons. The number of methoxy groups -OCH3 is 1. The van der Waals surface area contributed by atoms with Gasteiger partial charge in [-0.05, 0) is 77.9 Å². The number of nitrogens with zero attached hydrogens (tertiary/aromatic N) is 1. The van der Waals surface area contributed by atoms with Crippen molar-refractivity contribution in [2.75, 3.05) is 20.3 Å². The van der Waals surface area contributed by atoms with E-state index in [0.29, 0.717) is 20.6 Å². The minimum Gasteiger partial charge on any atom is -0.493 e. The highest BCUT2D eigenvalue weighted by atomic mass is 127. The largest absolute Gasteiger partial charge is 0.493 e. The molecule has 0 atom stereocenters. The predicted octanol–water partition coefficient (Wildman–Crippen LogP) is 4.30. The Labute approximate surface area is 198 Å². The molecule has 0 saturated heterocycles. The number of non-ortho nitro benzene ring substituents is 1. The first-order chi connectivity index (χ1) is 15.3. The van der Waals surface area contributed by atoms with Gasteiger partial charge in [-0.3, -0.25) is 10.1 Å². The lowest BCUT2D eigenvalue weighted by Gasteiger charge is -2.14. The van der Waals surface area contributed by atoms with Crippen molar-refractivity contribution in [2.45, 2.75) is 20.5 Å². The molecule has 0 bridgehead atoms. The summed E-state index contributed by atoms with van der Waals surface area (Å²) in [5.74, 6) is -0.716. The standard InChI is InChI=1S/C22H22INO8/c1-4-30-21(25)17(22(26)31-5-2)10-15-11-18(23)20(19(12-15)29-3)32-13-14-6-8-16(9-7-14)24(27)28/h6-12H,4-5,13H2,1-3H3. The summed E-state index contributed by atoms with van der Waals surface area (Å²) in [4.78, 5) is 34.7. The molecule has 2 aromatic carbocycles. The van der Waals surface area contributed by atoms with E-state index in [9.17, 15) is 19.7 Å². The van der Waals surface area contributed by atoms with Gasteiger partial charge in [0, 0.05) is 12.1 Å². The van der Waals surface area contributed by atoms with E-state index in [1.807, 2.05) is 0 Å². The molecule has 9 nitrogen and oxygen atoms in total. The second-order valence-corrected chi connectivity index (χ2v) is 7.41. The molecule has 0 N–H and O–H groups in total. The zero-order chi connectivity index (χ0) is 23.7. The van der Waals surface area contributed by atoms with Crippen LogP contribution in [-0.4, -0.2) is 37.2 Å². The lowest BCUT2D eigenvalue weighted by molar-refractivity contribution is -0.384. The van der Waals surface area contributed by atoms with Gasteiger partial charge in [0.05, 0.1) is 28.8 Å². The van der Waals surface area contributed by atoms with Crippen LogP contribution in [0.4, 0.5) is 5.69 Å². The van der Waals surface area contributed by atoms with E-state index in [4.69, 9.17) is 18.9 Å². The maximum atomic E-state index is 12.2. The van der Waals surface area contributed by atoms with Gasteiger partial charge in [0.25, 0.3) is 5.69 Å². The number of benzene rings is 2. The monoisotopic (exact) mass is 555 g/mol. The van der Waals surface area contributed by atoms with Gasteiger partial charge in [0.15, 0.2) is 11.5 Å². The Hall–Kier alpha value is -3.15. The van der Waals surface area contributed by atoms with Gasteiger partial charge in [0.1, 0.15) is 12.2 Å². The third-order valence-corrected chi connectivity index (χ3v) is 4.89. The third kappa shape index (κ3) is 6.67. The van der Waals surface area contributed by atoms with Gasteiger partial charge in [-0.1, -0.05) is 0 Å². The molecule has 0 aromatic heterocycles. The van der Waals surface area contributed by atoms with E-state index < -0.39 is 16.9 Å². The van der Waals surface area contributed by atoms with Crippen molar-refractivity contribution in [3.63, 3.8) is 0 Å². The maximum Gasteiger partial charge on any atom is 0.345 e. The van der Waals surface area contributed by atoms with Crippen LogP contribution in [0.3, 0.4) is 0 Å². The maximum absolute atomic E-state index is 12.2. The summed E-state index contributed by atoms with van der Waals surface area (Å²) in [7, 11) is 1.47. The summed E-state index contributed by atoms with van der Waals surface area (Å²) in [6.07, 6.45) is 1.38. The Morgan fingerprint density at radius 1 is 1.06 bits per heavy atom. The van der Waals surface area contributed by atoms with E-state index in [-0.39, 0.29) is 31.1 Å². The minimum absolute atomic E-state index is 0.00365.